The van der Waals surface area contributed by atoms with Crippen molar-refractivity contribution in [2.24, 2.45) is 0 Å². The van der Waals surface area contributed by atoms with Gasteiger partial charge >= 0.3 is 5.97 Å². The quantitative estimate of drug-likeness (QED) is 0.0739. The highest BCUT2D eigenvalue weighted by Crippen LogP contribution is 2.50. The van der Waals surface area contributed by atoms with Gasteiger partial charge in [-0.3, -0.25) is 9.59 Å². The van der Waals surface area contributed by atoms with Crippen molar-refractivity contribution < 1.29 is 24.2 Å². The molecule has 0 aromatic heterocycles. The van der Waals surface area contributed by atoms with Crippen LogP contribution in [0.3, 0.4) is 0 Å². The number of rotatable bonds is 14. The monoisotopic (exact) mass is 904 g/mol. The summed E-state index contributed by atoms with van der Waals surface area (Å²) in [6, 6.07) is 59.2. The number of aliphatic hydroxyl groups is 1. The van der Waals surface area contributed by atoms with Crippen LogP contribution in [0.25, 0.3) is 0 Å². The molecule has 7 nitrogen and oxygen atoms in total. The lowest BCUT2D eigenvalue weighted by atomic mass is 9.84. The molecule has 0 spiro atoms. The number of ether oxygens (including phenoxy) is 1. The van der Waals surface area contributed by atoms with Gasteiger partial charge in [-0.15, -0.1) is 23.5 Å². The van der Waals surface area contributed by atoms with Gasteiger partial charge in [-0.25, -0.2) is 4.79 Å². The maximum absolute atomic E-state index is 15.1. The fourth-order valence-corrected chi connectivity index (χ4v) is 12.0. The van der Waals surface area contributed by atoms with Gasteiger partial charge in [0.1, 0.15) is 18.2 Å². The van der Waals surface area contributed by atoms with Crippen LogP contribution in [0.15, 0.2) is 182 Å². The third-order valence-corrected chi connectivity index (χ3v) is 15.4. The van der Waals surface area contributed by atoms with Crippen LogP contribution in [0, 0.1) is 0 Å². The highest BCUT2D eigenvalue weighted by molar-refractivity contribution is 8.01. The second-order valence-corrected chi connectivity index (χ2v) is 19.2. The van der Waals surface area contributed by atoms with Crippen LogP contribution in [-0.4, -0.2) is 58.7 Å². The molecule has 1 fully saturated rings. The average molecular weight is 905 g/mol. The van der Waals surface area contributed by atoms with Crippen LogP contribution >= 0.6 is 23.5 Å². The van der Waals surface area contributed by atoms with Crippen LogP contribution in [0.4, 0.5) is 0 Å². The summed E-state index contributed by atoms with van der Waals surface area (Å²) < 4.78 is 4.83. The largest absolute Gasteiger partial charge is 0.461 e. The number of carbonyl (C=O) groups is 3. The molecule has 336 valence electrons. The van der Waals surface area contributed by atoms with Gasteiger partial charge < -0.3 is 20.5 Å². The van der Waals surface area contributed by atoms with Crippen LogP contribution in [0.5, 0.6) is 0 Å². The van der Waals surface area contributed by atoms with Crippen LogP contribution in [-0.2, 0) is 28.6 Å². The molecule has 1 aliphatic rings. The lowest BCUT2D eigenvalue weighted by molar-refractivity contribution is -0.153. The number of esters is 1. The molecule has 3 N–H and O–H groups in total. The fourth-order valence-electron chi connectivity index (χ4n) is 8.91. The van der Waals surface area contributed by atoms with E-state index in [0.29, 0.717) is 19.3 Å². The first-order valence-electron chi connectivity index (χ1n) is 22.9. The predicted molar refractivity (Wildman–Crippen MR) is 266 cm³/mol. The molecule has 1 heterocycles. The normalized spacial score (nSPS) is 19.4. The summed E-state index contributed by atoms with van der Waals surface area (Å²) in [7, 11) is 0. The molecular formula is C56H60N2O5S2. The molecule has 0 aliphatic carbocycles. The molecule has 6 aromatic carbocycles. The summed E-state index contributed by atoms with van der Waals surface area (Å²) in [6.07, 6.45) is 3.72. The van der Waals surface area contributed by atoms with E-state index in [1.807, 2.05) is 109 Å². The van der Waals surface area contributed by atoms with Gasteiger partial charge in [0.15, 0.2) is 0 Å². The summed E-state index contributed by atoms with van der Waals surface area (Å²) in [4.78, 5) is 43.8. The van der Waals surface area contributed by atoms with E-state index in [0.717, 1.165) is 59.1 Å². The number of hydrogen-bond acceptors (Lipinski definition) is 7. The minimum atomic E-state index is -1.09. The Kier molecular flexibility index (Phi) is 17.1. The third kappa shape index (κ3) is 11.8. The minimum Gasteiger partial charge on any atom is -0.461 e. The summed E-state index contributed by atoms with van der Waals surface area (Å²) in [6.45, 7) is 2.08. The van der Waals surface area contributed by atoms with E-state index in [1.54, 1.807) is 23.5 Å². The van der Waals surface area contributed by atoms with Crippen molar-refractivity contribution in [2.75, 3.05) is 11.5 Å². The maximum atomic E-state index is 15.1. The first-order valence-corrected chi connectivity index (χ1v) is 24.9. The second kappa shape index (κ2) is 23.5. The first kappa shape index (κ1) is 47.4. The topological polar surface area (TPSA) is 105 Å². The molecule has 1 saturated heterocycles. The molecule has 6 aromatic rings. The zero-order valence-corrected chi connectivity index (χ0v) is 38.7. The lowest BCUT2D eigenvalue weighted by Gasteiger charge is -2.37. The molecule has 7 rings (SSSR count). The number of thioether (sulfide) groups is 2. The lowest BCUT2D eigenvalue weighted by Crippen LogP contribution is -2.55. The van der Waals surface area contributed by atoms with E-state index < -0.39 is 45.5 Å². The number of benzene rings is 6. The van der Waals surface area contributed by atoms with Gasteiger partial charge in [0, 0.05) is 11.5 Å². The van der Waals surface area contributed by atoms with Crippen molar-refractivity contribution in [3.05, 3.63) is 215 Å². The molecule has 0 bridgehead atoms. The Labute approximate surface area is 393 Å². The van der Waals surface area contributed by atoms with Crippen molar-refractivity contribution in [2.45, 2.75) is 92.1 Å². The molecule has 2 amide bonds. The van der Waals surface area contributed by atoms with E-state index in [2.05, 4.69) is 90.4 Å². The van der Waals surface area contributed by atoms with Crippen molar-refractivity contribution >= 4 is 41.3 Å². The van der Waals surface area contributed by atoms with Gasteiger partial charge in [0.05, 0.1) is 22.0 Å². The maximum Gasteiger partial charge on any atom is 0.329 e. The summed E-state index contributed by atoms with van der Waals surface area (Å²) in [5, 5.41) is 17.2. The number of aliphatic hydroxyl groups excluding tert-OH is 1. The Morgan fingerprint density at radius 2 is 0.892 bits per heavy atom. The number of carbonyl (C=O) groups excluding carboxylic acids is 3. The molecule has 9 heteroatoms. The number of cyclic esters (lactones) is 1. The molecule has 0 saturated carbocycles. The molecular weight excluding hydrogens is 845 g/mol. The summed E-state index contributed by atoms with van der Waals surface area (Å²) in [5.41, 5.74) is 6.11. The van der Waals surface area contributed by atoms with Gasteiger partial charge in [0.2, 0.25) is 11.8 Å². The molecule has 65 heavy (non-hydrogen) atoms. The number of nitrogens with one attached hydrogen (secondary N) is 2. The zero-order chi connectivity index (χ0) is 45.3. The Hall–Kier alpha value is -5.61. The Balaban J connectivity index is 1.29. The highest BCUT2D eigenvalue weighted by atomic mass is 32.2. The van der Waals surface area contributed by atoms with Crippen molar-refractivity contribution in [3.63, 3.8) is 0 Å². The Bertz CT molecular complexity index is 2180. The second-order valence-electron chi connectivity index (χ2n) is 16.7. The van der Waals surface area contributed by atoms with Gasteiger partial charge in [-0.1, -0.05) is 208 Å². The van der Waals surface area contributed by atoms with E-state index >= 15 is 4.79 Å². The fraction of sp³-hybridized carbons (Fsp3) is 0.304. The standard InChI is InChI=1S/C56H60N2O5S2/c1-2-24-49-38-23-9-22-37-48(59)39-52(60)57-50(40-64-55(42-25-10-3-11-26-42,43-27-12-4-13-28-43)44-29-14-5-15-30-44)53(61)58-51(54(62)63-49)41-65-56(45-31-16-6-17-32-45,46-33-18-7-19-34-46)47-35-20-8-21-36-47/h3-8,10-21,25-36,48-51,59H,2,9,22-24,37-41H2,1H3,(H,57,60)(H,58,61)/t48-,49?,50?,51?/m0/s1. The minimum absolute atomic E-state index is 0.136. The summed E-state index contributed by atoms with van der Waals surface area (Å²) >= 11 is 3.13. The van der Waals surface area contributed by atoms with Crippen molar-refractivity contribution in [1.29, 1.82) is 0 Å². The number of amides is 2. The third-order valence-electron chi connectivity index (χ3n) is 12.1. The van der Waals surface area contributed by atoms with Crippen LogP contribution < -0.4 is 10.6 Å². The smallest absolute Gasteiger partial charge is 0.329 e. The molecule has 3 unspecified atom stereocenters. The van der Waals surface area contributed by atoms with Gasteiger partial charge in [-0.05, 0) is 59.1 Å². The first-order chi connectivity index (χ1) is 31.8. The van der Waals surface area contributed by atoms with E-state index in [9.17, 15) is 14.7 Å². The Morgan fingerprint density at radius 3 is 1.28 bits per heavy atom. The van der Waals surface area contributed by atoms with Crippen molar-refractivity contribution in [1.82, 2.24) is 10.6 Å². The molecule has 4 atom stereocenters. The average Bonchev–Trinajstić information content (AvgIpc) is 3.35. The van der Waals surface area contributed by atoms with Crippen molar-refractivity contribution in [3.8, 4) is 0 Å². The van der Waals surface area contributed by atoms with E-state index in [1.165, 1.54) is 0 Å². The van der Waals surface area contributed by atoms with Gasteiger partial charge in [0.25, 0.3) is 0 Å². The highest BCUT2D eigenvalue weighted by Gasteiger charge is 2.42. The van der Waals surface area contributed by atoms with Crippen LogP contribution in [0.1, 0.15) is 91.7 Å². The predicted octanol–water partition coefficient (Wildman–Crippen LogP) is 10.8. The SMILES string of the molecule is CCCC1CCCCC[C@H](O)CC(=O)NC(CSC(c2ccccc2)(c2ccccc2)c2ccccc2)C(=O)NC(CSC(c2ccccc2)(c2ccccc2)c2ccccc2)C(=O)O1. The molecule has 0 radical (unpaired) electrons. The van der Waals surface area contributed by atoms with E-state index in [-0.39, 0.29) is 24.0 Å². The Morgan fingerprint density at radius 1 is 0.523 bits per heavy atom. The van der Waals surface area contributed by atoms with Crippen LogP contribution in [0.2, 0.25) is 0 Å². The summed E-state index contributed by atoms with van der Waals surface area (Å²) in [5.74, 6) is -1.13. The molecule has 1 aliphatic heterocycles. The zero-order valence-electron chi connectivity index (χ0n) is 37.1. The number of hydrogen-bond donors (Lipinski definition) is 3. The van der Waals surface area contributed by atoms with E-state index in [4.69, 9.17) is 4.74 Å². The van der Waals surface area contributed by atoms with Gasteiger partial charge in [-0.2, -0.15) is 0 Å².